The van der Waals surface area contributed by atoms with Crippen LogP contribution in [0.25, 0.3) is 0 Å². The summed E-state index contributed by atoms with van der Waals surface area (Å²) in [5.74, 6) is -0.0784. The fraction of sp³-hybridized carbons (Fsp3) is 0.500. The summed E-state index contributed by atoms with van der Waals surface area (Å²) in [4.78, 5) is 12.0. The molecule has 2 rings (SSSR count). The molecule has 1 saturated carbocycles. The third kappa shape index (κ3) is 3.27. The second-order valence-electron chi connectivity index (χ2n) is 4.86. The Labute approximate surface area is 121 Å². The number of halogens is 2. The summed E-state index contributed by atoms with van der Waals surface area (Å²) >= 11 is 9.67. The molecule has 1 aliphatic rings. The van der Waals surface area contributed by atoms with E-state index in [-0.39, 0.29) is 5.91 Å². The van der Waals surface area contributed by atoms with Gasteiger partial charge in [-0.25, -0.2) is 0 Å². The molecule has 98 valence electrons. The second-order valence-corrected chi connectivity index (χ2v) is 6.15. The molecule has 0 heterocycles. The number of carbonyl (C=O) groups excluding carboxylic acids is 1. The Kier molecular flexibility index (Phi) is 4.68. The Bertz CT molecular complexity index is 443. The van der Waals surface area contributed by atoms with Crippen LogP contribution in [0, 0.1) is 6.92 Å². The third-order valence-corrected chi connectivity index (χ3v) is 4.75. The largest absolute Gasteiger partial charge is 0.352 e. The Hall–Kier alpha value is -0.540. The molecule has 0 spiro atoms. The van der Waals surface area contributed by atoms with Gasteiger partial charge in [-0.3, -0.25) is 4.79 Å². The first-order valence-electron chi connectivity index (χ1n) is 6.28. The molecule has 0 bridgehead atoms. The van der Waals surface area contributed by atoms with Crippen LogP contribution in [0.5, 0.6) is 0 Å². The SMILES string of the molecule is Cc1cc(C(Cl)C(=O)NC2CCCC2)ccc1Br. The van der Waals surface area contributed by atoms with Gasteiger partial charge >= 0.3 is 0 Å². The van der Waals surface area contributed by atoms with E-state index in [0.29, 0.717) is 6.04 Å². The summed E-state index contributed by atoms with van der Waals surface area (Å²) in [6.45, 7) is 1.99. The van der Waals surface area contributed by atoms with Crippen molar-refractivity contribution in [2.75, 3.05) is 0 Å². The summed E-state index contributed by atoms with van der Waals surface area (Å²) in [6, 6.07) is 6.09. The minimum Gasteiger partial charge on any atom is -0.352 e. The average Bonchev–Trinajstić information content (AvgIpc) is 2.84. The van der Waals surface area contributed by atoms with E-state index in [1.54, 1.807) is 0 Å². The summed E-state index contributed by atoms with van der Waals surface area (Å²) in [6.07, 6.45) is 4.56. The van der Waals surface area contributed by atoms with Crippen LogP contribution in [0.15, 0.2) is 22.7 Å². The number of nitrogens with one attached hydrogen (secondary N) is 1. The number of carbonyl (C=O) groups is 1. The summed E-state index contributed by atoms with van der Waals surface area (Å²) in [5, 5.41) is 2.43. The predicted molar refractivity (Wildman–Crippen MR) is 77.9 cm³/mol. The van der Waals surface area contributed by atoms with Crippen molar-refractivity contribution in [2.24, 2.45) is 0 Å². The fourth-order valence-electron chi connectivity index (χ4n) is 2.32. The first-order valence-corrected chi connectivity index (χ1v) is 7.51. The normalized spacial score (nSPS) is 17.7. The van der Waals surface area contributed by atoms with Gasteiger partial charge in [0.15, 0.2) is 0 Å². The van der Waals surface area contributed by atoms with E-state index >= 15 is 0 Å². The topological polar surface area (TPSA) is 29.1 Å². The summed E-state index contributed by atoms with van der Waals surface area (Å²) in [7, 11) is 0. The van der Waals surface area contributed by atoms with Crippen molar-refractivity contribution in [3.05, 3.63) is 33.8 Å². The highest BCUT2D eigenvalue weighted by molar-refractivity contribution is 9.10. The first-order chi connectivity index (χ1) is 8.58. The fourth-order valence-corrected chi connectivity index (χ4v) is 2.77. The van der Waals surface area contributed by atoms with Crippen LogP contribution < -0.4 is 5.32 Å². The van der Waals surface area contributed by atoms with Gasteiger partial charge in [0.1, 0.15) is 5.38 Å². The Morgan fingerprint density at radius 2 is 2.11 bits per heavy atom. The molecule has 1 fully saturated rings. The van der Waals surface area contributed by atoms with Crippen molar-refractivity contribution in [2.45, 2.75) is 44.0 Å². The van der Waals surface area contributed by atoms with Crippen molar-refractivity contribution in [3.63, 3.8) is 0 Å². The third-order valence-electron chi connectivity index (χ3n) is 3.41. The lowest BCUT2D eigenvalue weighted by Gasteiger charge is -2.16. The van der Waals surface area contributed by atoms with Gasteiger partial charge in [0.25, 0.3) is 0 Å². The maximum absolute atomic E-state index is 12.0. The van der Waals surface area contributed by atoms with Crippen LogP contribution in [0.1, 0.15) is 42.2 Å². The van der Waals surface area contributed by atoms with E-state index in [0.717, 1.165) is 28.4 Å². The van der Waals surface area contributed by atoms with E-state index in [1.807, 2.05) is 25.1 Å². The van der Waals surface area contributed by atoms with Crippen LogP contribution in [0.2, 0.25) is 0 Å². The monoisotopic (exact) mass is 329 g/mol. The number of alkyl halides is 1. The molecule has 1 atom stereocenters. The molecular weight excluding hydrogens is 314 g/mol. The van der Waals surface area contributed by atoms with Crippen LogP contribution in [0.3, 0.4) is 0 Å². The zero-order chi connectivity index (χ0) is 13.1. The number of aryl methyl sites for hydroxylation is 1. The van der Waals surface area contributed by atoms with E-state index in [1.165, 1.54) is 12.8 Å². The van der Waals surface area contributed by atoms with E-state index in [9.17, 15) is 4.79 Å². The average molecular weight is 331 g/mol. The van der Waals surface area contributed by atoms with Crippen LogP contribution in [-0.4, -0.2) is 11.9 Å². The van der Waals surface area contributed by atoms with Crippen molar-refractivity contribution in [3.8, 4) is 0 Å². The molecule has 2 nitrogen and oxygen atoms in total. The minimum absolute atomic E-state index is 0.0784. The van der Waals surface area contributed by atoms with Gasteiger partial charge in [0, 0.05) is 10.5 Å². The second kappa shape index (κ2) is 6.07. The zero-order valence-electron chi connectivity index (χ0n) is 10.4. The molecule has 1 amide bonds. The van der Waals surface area contributed by atoms with Gasteiger partial charge in [-0.2, -0.15) is 0 Å². The molecule has 4 heteroatoms. The van der Waals surface area contributed by atoms with Crippen molar-refractivity contribution in [1.29, 1.82) is 0 Å². The molecule has 1 aliphatic carbocycles. The van der Waals surface area contributed by atoms with Gasteiger partial charge in [-0.1, -0.05) is 40.9 Å². The maximum atomic E-state index is 12.0. The molecule has 18 heavy (non-hydrogen) atoms. The molecule has 1 unspecified atom stereocenters. The lowest BCUT2D eigenvalue weighted by atomic mass is 10.1. The highest BCUT2D eigenvalue weighted by Gasteiger charge is 2.23. The highest BCUT2D eigenvalue weighted by atomic mass is 79.9. The number of hydrogen-bond donors (Lipinski definition) is 1. The van der Waals surface area contributed by atoms with Crippen LogP contribution in [0.4, 0.5) is 0 Å². The lowest BCUT2D eigenvalue weighted by Crippen LogP contribution is -2.34. The molecule has 0 saturated heterocycles. The molecule has 0 aromatic heterocycles. The van der Waals surface area contributed by atoms with Gasteiger partial charge in [0.05, 0.1) is 0 Å². The molecule has 0 aliphatic heterocycles. The van der Waals surface area contributed by atoms with Gasteiger partial charge in [-0.05, 0) is 37.0 Å². The number of rotatable bonds is 3. The molecule has 0 radical (unpaired) electrons. The van der Waals surface area contributed by atoms with Crippen molar-refractivity contribution in [1.82, 2.24) is 5.32 Å². The van der Waals surface area contributed by atoms with Gasteiger partial charge in [0.2, 0.25) is 5.91 Å². The van der Waals surface area contributed by atoms with Crippen LogP contribution >= 0.6 is 27.5 Å². The Morgan fingerprint density at radius 1 is 1.44 bits per heavy atom. The Balaban J connectivity index is 2.02. The molecule has 1 N–H and O–H groups in total. The highest BCUT2D eigenvalue weighted by Crippen LogP contribution is 2.26. The van der Waals surface area contributed by atoms with E-state index in [2.05, 4.69) is 21.2 Å². The smallest absolute Gasteiger partial charge is 0.242 e. The van der Waals surface area contributed by atoms with Crippen molar-refractivity contribution < 1.29 is 4.79 Å². The van der Waals surface area contributed by atoms with E-state index in [4.69, 9.17) is 11.6 Å². The lowest BCUT2D eigenvalue weighted by molar-refractivity contribution is -0.121. The van der Waals surface area contributed by atoms with Crippen molar-refractivity contribution >= 4 is 33.4 Å². The number of hydrogen-bond acceptors (Lipinski definition) is 1. The van der Waals surface area contributed by atoms with Gasteiger partial charge < -0.3 is 5.32 Å². The maximum Gasteiger partial charge on any atom is 0.242 e. The molecule has 1 aromatic carbocycles. The minimum atomic E-state index is -0.600. The summed E-state index contributed by atoms with van der Waals surface area (Å²) < 4.78 is 1.03. The number of amides is 1. The van der Waals surface area contributed by atoms with Gasteiger partial charge in [-0.15, -0.1) is 11.6 Å². The Morgan fingerprint density at radius 3 is 2.72 bits per heavy atom. The van der Waals surface area contributed by atoms with Crippen LogP contribution in [-0.2, 0) is 4.79 Å². The van der Waals surface area contributed by atoms with E-state index < -0.39 is 5.38 Å². The molecular formula is C14H17BrClNO. The molecule has 1 aromatic rings. The zero-order valence-corrected chi connectivity index (χ0v) is 12.7. The summed E-state index contributed by atoms with van der Waals surface area (Å²) in [5.41, 5.74) is 1.94. The number of benzene rings is 1. The predicted octanol–water partition coefficient (Wildman–Crippen LogP) is 4.10. The first kappa shape index (κ1) is 13.9. The quantitative estimate of drug-likeness (QED) is 0.831. The standard InChI is InChI=1S/C14H17BrClNO/c1-9-8-10(6-7-12(9)15)13(16)14(18)17-11-4-2-3-5-11/h6-8,11,13H,2-5H2,1H3,(H,17,18).